The normalized spacial score (nSPS) is 10.7. The number of benzene rings is 1. The molecule has 0 aliphatic carbocycles. The van der Waals surface area contributed by atoms with Crippen molar-refractivity contribution < 1.29 is 9.13 Å². The van der Waals surface area contributed by atoms with E-state index in [9.17, 15) is 4.39 Å². The zero-order chi connectivity index (χ0) is 15.4. The van der Waals surface area contributed by atoms with Crippen LogP contribution in [0.25, 0.3) is 0 Å². The Labute approximate surface area is 123 Å². The maximum absolute atomic E-state index is 14.0. The average molecular weight is 290 g/mol. The van der Waals surface area contributed by atoms with Crippen LogP contribution in [0.5, 0.6) is 5.88 Å². The van der Waals surface area contributed by atoms with Crippen LogP contribution < -0.4 is 15.4 Å². The Balaban J connectivity index is 2.46. The molecule has 2 N–H and O–H groups in total. The number of rotatable bonds is 5. The highest BCUT2D eigenvalue weighted by atomic mass is 19.1. The van der Waals surface area contributed by atoms with Gasteiger partial charge >= 0.3 is 0 Å². The second-order valence-electron chi connectivity index (χ2n) is 4.78. The van der Waals surface area contributed by atoms with Crippen LogP contribution in [-0.4, -0.2) is 22.6 Å². The first-order valence-corrected chi connectivity index (χ1v) is 6.83. The second kappa shape index (κ2) is 6.39. The summed E-state index contributed by atoms with van der Waals surface area (Å²) in [5.74, 6) is 0.418. The van der Waals surface area contributed by atoms with Gasteiger partial charge in [-0.15, -0.1) is 0 Å². The van der Waals surface area contributed by atoms with Crippen molar-refractivity contribution in [3.05, 3.63) is 36.4 Å². The van der Waals surface area contributed by atoms with E-state index in [-0.39, 0.29) is 11.9 Å². The van der Waals surface area contributed by atoms with Gasteiger partial charge in [-0.05, 0) is 32.9 Å². The van der Waals surface area contributed by atoms with E-state index in [4.69, 9.17) is 10.5 Å². The lowest BCUT2D eigenvalue weighted by molar-refractivity contribution is 0.234. The van der Waals surface area contributed by atoms with Gasteiger partial charge in [-0.2, -0.15) is 4.98 Å². The quantitative estimate of drug-likeness (QED) is 0.916. The van der Waals surface area contributed by atoms with Crippen LogP contribution >= 0.6 is 0 Å². The minimum absolute atomic E-state index is 0.0569. The molecule has 6 heteroatoms. The van der Waals surface area contributed by atoms with Gasteiger partial charge in [0.15, 0.2) is 5.82 Å². The van der Waals surface area contributed by atoms with E-state index in [1.807, 2.05) is 20.8 Å². The molecule has 0 radical (unpaired) electrons. The molecule has 0 amide bonds. The first kappa shape index (κ1) is 15.0. The van der Waals surface area contributed by atoms with Crippen LogP contribution in [0.1, 0.15) is 20.8 Å². The highest BCUT2D eigenvalue weighted by Crippen LogP contribution is 2.34. The molecule has 0 aliphatic rings. The maximum Gasteiger partial charge on any atom is 0.242 e. The van der Waals surface area contributed by atoms with E-state index < -0.39 is 0 Å². The molecule has 1 aromatic carbocycles. The SMILES string of the molecule is CCN(c1ccccc1F)c1ncnc(OC(C)C)c1N. The molecule has 21 heavy (non-hydrogen) atoms. The smallest absolute Gasteiger partial charge is 0.242 e. The standard InChI is InChI=1S/C15H19FN4O/c1-4-20(12-8-6-5-7-11(12)16)14-13(17)15(19-9-18-14)21-10(2)3/h5-10H,4,17H2,1-3H3. The number of para-hydroxylation sites is 1. The number of nitrogen functional groups attached to an aromatic ring is 1. The Morgan fingerprint density at radius 2 is 2.00 bits per heavy atom. The van der Waals surface area contributed by atoms with E-state index >= 15 is 0 Å². The molecule has 0 saturated heterocycles. The molecular weight excluding hydrogens is 271 g/mol. The Morgan fingerprint density at radius 3 is 2.62 bits per heavy atom. The number of halogens is 1. The largest absolute Gasteiger partial charge is 0.473 e. The molecule has 0 spiro atoms. The predicted octanol–water partition coefficient (Wildman–Crippen LogP) is 3.14. The number of ether oxygens (including phenoxy) is 1. The van der Waals surface area contributed by atoms with Crippen LogP contribution in [0.2, 0.25) is 0 Å². The van der Waals surface area contributed by atoms with Gasteiger partial charge in [0.25, 0.3) is 0 Å². The van der Waals surface area contributed by atoms with Crippen LogP contribution in [0.3, 0.4) is 0 Å². The van der Waals surface area contributed by atoms with E-state index in [0.29, 0.717) is 29.6 Å². The third kappa shape index (κ3) is 3.21. The summed E-state index contributed by atoms with van der Waals surface area (Å²) in [6, 6.07) is 6.50. The van der Waals surface area contributed by atoms with E-state index in [1.165, 1.54) is 12.4 Å². The fourth-order valence-corrected chi connectivity index (χ4v) is 2.01. The number of nitrogens with two attached hydrogens (primary N) is 1. The Kier molecular flexibility index (Phi) is 4.57. The summed E-state index contributed by atoms with van der Waals surface area (Å²) in [6.45, 7) is 6.19. The summed E-state index contributed by atoms with van der Waals surface area (Å²) in [5, 5.41) is 0. The second-order valence-corrected chi connectivity index (χ2v) is 4.78. The van der Waals surface area contributed by atoms with Gasteiger partial charge < -0.3 is 15.4 Å². The Hall–Kier alpha value is -2.37. The summed E-state index contributed by atoms with van der Waals surface area (Å²) in [5.41, 5.74) is 6.80. The molecular formula is C15H19FN4O. The van der Waals surface area contributed by atoms with Crippen molar-refractivity contribution in [1.82, 2.24) is 9.97 Å². The number of anilines is 3. The van der Waals surface area contributed by atoms with Gasteiger partial charge in [0.05, 0.1) is 11.8 Å². The van der Waals surface area contributed by atoms with Crippen molar-refractivity contribution in [3.8, 4) is 5.88 Å². The summed E-state index contributed by atoms with van der Waals surface area (Å²) in [4.78, 5) is 9.91. The van der Waals surface area contributed by atoms with E-state index in [2.05, 4.69) is 9.97 Å². The first-order chi connectivity index (χ1) is 10.0. The molecule has 1 aromatic heterocycles. The first-order valence-electron chi connectivity index (χ1n) is 6.83. The maximum atomic E-state index is 14.0. The number of nitrogens with zero attached hydrogens (tertiary/aromatic N) is 3. The van der Waals surface area contributed by atoms with Crippen molar-refractivity contribution in [2.45, 2.75) is 26.9 Å². The van der Waals surface area contributed by atoms with Gasteiger partial charge in [0.1, 0.15) is 17.8 Å². The van der Waals surface area contributed by atoms with Gasteiger partial charge in [0.2, 0.25) is 5.88 Å². The van der Waals surface area contributed by atoms with Gasteiger partial charge in [-0.3, -0.25) is 0 Å². The minimum atomic E-state index is -0.330. The lowest BCUT2D eigenvalue weighted by atomic mass is 10.2. The Bertz CT molecular complexity index is 618. The van der Waals surface area contributed by atoms with Crippen LogP contribution in [0.15, 0.2) is 30.6 Å². The molecule has 0 aliphatic heterocycles. The van der Waals surface area contributed by atoms with Crippen molar-refractivity contribution in [3.63, 3.8) is 0 Å². The molecule has 5 nitrogen and oxygen atoms in total. The summed E-state index contributed by atoms with van der Waals surface area (Å²) < 4.78 is 19.5. The number of hydrogen-bond donors (Lipinski definition) is 1. The molecule has 2 rings (SSSR count). The average Bonchev–Trinajstić information content (AvgIpc) is 2.45. The highest BCUT2D eigenvalue weighted by molar-refractivity contribution is 5.74. The van der Waals surface area contributed by atoms with Crippen molar-refractivity contribution in [1.29, 1.82) is 0 Å². The third-order valence-corrected chi connectivity index (χ3v) is 2.89. The lowest BCUT2D eigenvalue weighted by Crippen LogP contribution is -2.21. The van der Waals surface area contributed by atoms with Gasteiger partial charge in [0, 0.05) is 6.54 Å². The fraction of sp³-hybridized carbons (Fsp3) is 0.333. The number of aromatic nitrogens is 2. The predicted molar refractivity (Wildman–Crippen MR) is 81.3 cm³/mol. The summed E-state index contributed by atoms with van der Waals surface area (Å²) in [7, 11) is 0. The van der Waals surface area contributed by atoms with Gasteiger partial charge in [-0.25, -0.2) is 9.37 Å². The third-order valence-electron chi connectivity index (χ3n) is 2.89. The molecule has 0 unspecified atom stereocenters. The molecule has 0 saturated carbocycles. The molecule has 0 bridgehead atoms. The summed E-state index contributed by atoms with van der Waals surface area (Å²) >= 11 is 0. The zero-order valence-corrected chi connectivity index (χ0v) is 12.4. The zero-order valence-electron chi connectivity index (χ0n) is 12.4. The van der Waals surface area contributed by atoms with E-state index in [0.717, 1.165) is 0 Å². The Morgan fingerprint density at radius 1 is 1.29 bits per heavy atom. The highest BCUT2D eigenvalue weighted by Gasteiger charge is 2.19. The molecule has 0 fully saturated rings. The van der Waals surface area contributed by atoms with Crippen LogP contribution in [-0.2, 0) is 0 Å². The molecule has 2 aromatic rings. The van der Waals surface area contributed by atoms with Crippen LogP contribution in [0, 0.1) is 5.82 Å². The molecule has 1 heterocycles. The summed E-state index contributed by atoms with van der Waals surface area (Å²) in [6.07, 6.45) is 1.31. The van der Waals surface area contributed by atoms with Crippen molar-refractivity contribution >= 4 is 17.2 Å². The number of hydrogen-bond acceptors (Lipinski definition) is 5. The topological polar surface area (TPSA) is 64.3 Å². The van der Waals surface area contributed by atoms with Crippen LogP contribution in [0.4, 0.5) is 21.6 Å². The van der Waals surface area contributed by atoms with Gasteiger partial charge in [-0.1, -0.05) is 12.1 Å². The molecule has 0 atom stereocenters. The lowest BCUT2D eigenvalue weighted by Gasteiger charge is -2.24. The monoisotopic (exact) mass is 290 g/mol. The molecule has 112 valence electrons. The fourth-order valence-electron chi connectivity index (χ4n) is 2.01. The minimum Gasteiger partial charge on any atom is -0.473 e. The van der Waals surface area contributed by atoms with Crippen molar-refractivity contribution in [2.75, 3.05) is 17.2 Å². The van der Waals surface area contributed by atoms with Crippen molar-refractivity contribution in [2.24, 2.45) is 0 Å². The van der Waals surface area contributed by atoms with E-state index in [1.54, 1.807) is 23.1 Å².